The molecule has 0 fully saturated rings. The standard InChI is InChI=1S/C16H16O2/c1-12-10-16(9-8-15(12)11-17)18-13(2)14-6-4-3-5-7-14/h3-11,13H,1-2H3. The fourth-order valence-corrected chi connectivity index (χ4v) is 1.85. The van der Waals surface area contributed by atoms with Gasteiger partial charge in [0.15, 0.2) is 0 Å². The molecule has 0 aromatic heterocycles. The van der Waals surface area contributed by atoms with Crippen molar-refractivity contribution in [3.63, 3.8) is 0 Å². The van der Waals surface area contributed by atoms with Crippen LogP contribution >= 0.6 is 0 Å². The smallest absolute Gasteiger partial charge is 0.150 e. The van der Waals surface area contributed by atoms with Crippen LogP contribution in [0.15, 0.2) is 48.5 Å². The molecule has 0 N–H and O–H groups in total. The zero-order valence-corrected chi connectivity index (χ0v) is 10.6. The molecule has 18 heavy (non-hydrogen) atoms. The summed E-state index contributed by atoms with van der Waals surface area (Å²) >= 11 is 0. The van der Waals surface area contributed by atoms with Crippen LogP contribution in [0.3, 0.4) is 0 Å². The molecule has 0 aliphatic carbocycles. The van der Waals surface area contributed by atoms with Crippen molar-refractivity contribution in [2.24, 2.45) is 0 Å². The van der Waals surface area contributed by atoms with Gasteiger partial charge in [0.05, 0.1) is 0 Å². The number of carbonyl (C=O) groups is 1. The van der Waals surface area contributed by atoms with Gasteiger partial charge in [0.25, 0.3) is 0 Å². The topological polar surface area (TPSA) is 26.3 Å². The molecule has 0 spiro atoms. The van der Waals surface area contributed by atoms with Crippen molar-refractivity contribution in [2.45, 2.75) is 20.0 Å². The average Bonchev–Trinajstić information content (AvgIpc) is 2.40. The van der Waals surface area contributed by atoms with Crippen LogP contribution in [-0.2, 0) is 0 Å². The monoisotopic (exact) mass is 240 g/mol. The Morgan fingerprint density at radius 1 is 1.11 bits per heavy atom. The van der Waals surface area contributed by atoms with Gasteiger partial charge < -0.3 is 4.74 Å². The Morgan fingerprint density at radius 2 is 1.83 bits per heavy atom. The van der Waals surface area contributed by atoms with E-state index < -0.39 is 0 Å². The molecule has 0 bridgehead atoms. The lowest BCUT2D eigenvalue weighted by molar-refractivity contribution is 0.112. The van der Waals surface area contributed by atoms with Crippen LogP contribution in [0, 0.1) is 6.92 Å². The summed E-state index contributed by atoms with van der Waals surface area (Å²) in [6, 6.07) is 15.6. The highest BCUT2D eigenvalue weighted by Gasteiger charge is 2.07. The molecule has 0 radical (unpaired) electrons. The predicted molar refractivity (Wildman–Crippen MR) is 72.1 cm³/mol. The molecular formula is C16H16O2. The molecule has 0 amide bonds. The maximum atomic E-state index is 10.7. The quantitative estimate of drug-likeness (QED) is 0.756. The summed E-state index contributed by atoms with van der Waals surface area (Å²) in [4.78, 5) is 10.7. The number of ether oxygens (including phenoxy) is 1. The Morgan fingerprint density at radius 3 is 2.44 bits per heavy atom. The zero-order valence-electron chi connectivity index (χ0n) is 10.6. The lowest BCUT2D eigenvalue weighted by atomic mass is 10.1. The first-order valence-corrected chi connectivity index (χ1v) is 5.98. The van der Waals surface area contributed by atoms with E-state index in [4.69, 9.17) is 4.74 Å². The highest BCUT2D eigenvalue weighted by Crippen LogP contribution is 2.23. The van der Waals surface area contributed by atoms with E-state index in [2.05, 4.69) is 0 Å². The minimum Gasteiger partial charge on any atom is -0.486 e. The van der Waals surface area contributed by atoms with Crippen LogP contribution in [0.1, 0.15) is 34.5 Å². The Kier molecular flexibility index (Phi) is 3.78. The summed E-state index contributed by atoms with van der Waals surface area (Å²) in [5, 5.41) is 0. The second-order valence-electron chi connectivity index (χ2n) is 4.31. The van der Waals surface area contributed by atoms with Crippen LogP contribution < -0.4 is 4.74 Å². The fourth-order valence-electron chi connectivity index (χ4n) is 1.85. The first-order chi connectivity index (χ1) is 8.70. The van der Waals surface area contributed by atoms with Crippen molar-refractivity contribution < 1.29 is 9.53 Å². The summed E-state index contributed by atoms with van der Waals surface area (Å²) in [5.74, 6) is 0.787. The summed E-state index contributed by atoms with van der Waals surface area (Å²) in [6.45, 7) is 3.92. The van der Waals surface area contributed by atoms with E-state index in [1.807, 2.05) is 56.3 Å². The third-order valence-electron chi connectivity index (χ3n) is 2.95. The molecule has 2 rings (SSSR count). The van der Waals surface area contributed by atoms with Crippen LogP contribution in [0.25, 0.3) is 0 Å². The molecule has 2 heteroatoms. The highest BCUT2D eigenvalue weighted by molar-refractivity contribution is 5.77. The second-order valence-corrected chi connectivity index (χ2v) is 4.31. The predicted octanol–water partition coefficient (Wildman–Crippen LogP) is 3.95. The van der Waals surface area contributed by atoms with Gasteiger partial charge in [-0.2, -0.15) is 0 Å². The van der Waals surface area contributed by atoms with Crippen molar-refractivity contribution in [3.05, 3.63) is 65.2 Å². The molecule has 2 aromatic carbocycles. The third-order valence-corrected chi connectivity index (χ3v) is 2.95. The van der Waals surface area contributed by atoms with Crippen molar-refractivity contribution in [3.8, 4) is 5.75 Å². The summed E-state index contributed by atoms with van der Waals surface area (Å²) in [5.41, 5.74) is 2.77. The van der Waals surface area contributed by atoms with Crippen LogP contribution in [0.2, 0.25) is 0 Å². The molecule has 2 nitrogen and oxygen atoms in total. The van der Waals surface area contributed by atoms with Crippen molar-refractivity contribution in [1.29, 1.82) is 0 Å². The van der Waals surface area contributed by atoms with Crippen molar-refractivity contribution in [1.82, 2.24) is 0 Å². The van der Waals surface area contributed by atoms with Crippen molar-refractivity contribution in [2.75, 3.05) is 0 Å². The van der Waals surface area contributed by atoms with Gasteiger partial charge in [-0.05, 0) is 43.2 Å². The number of carbonyl (C=O) groups excluding carboxylic acids is 1. The molecule has 0 aliphatic rings. The third kappa shape index (κ3) is 2.77. The van der Waals surface area contributed by atoms with Crippen molar-refractivity contribution >= 4 is 6.29 Å². The number of hydrogen-bond acceptors (Lipinski definition) is 2. The highest BCUT2D eigenvalue weighted by atomic mass is 16.5. The zero-order chi connectivity index (χ0) is 13.0. The summed E-state index contributed by atoms with van der Waals surface area (Å²) in [7, 11) is 0. The first-order valence-electron chi connectivity index (χ1n) is 5.98. The van der Waals surface area contributed by atoms with E-state index in [0.29, 0.717) is 5.56 Å². The number of rotatable bonds is 4. The van der Waals surface area contributed by atoms with E-state index in [1.165, 1.54) is 0 Å². The lowest BCUT2D eigenvalue weighted by Crippen LogP contribution is -2.03. The molecular weight excluding hydrogens is 224 g/mol. The van der Waals surface area contributed by atoms with E-state index in [-0.39, 0.29) is 6.10 Å². The van der Waals surface area contributed by atoms with Gasteiger partial charge >= 0.3 is 0 Å². The van der Waals surface area contributed by atoms with Gasteiger partial charge in [-0.15, -0.1) is 0 Å². The Bertz CT molecular complexity index is 532. The van der Waals surface area contributed by atoms with E-state index in [0.717, 1.165) is 23.2 Å². The Labute approximate surface area is 107 Å². The molecule has 1 atom stereocenters. The Balaban J connectivity index is 2.15. The SMILES string of the molecule is Cc1cc(OC(C)c2ccccc2)ccc1C=O. The molecule has 1 unspecified atom stereocenters. The maximum Gasteiger partial charge on any atom is 0.150 e. The average molecular weight is 240 g/mol. The van der Waals surface area contributed by atoms with Gasteiger partial charge in [-0.25, -0.2) is 0 Å². The van der Waals surface area contributed by atoms with Gasteiger partial charge in [-0.1, -0.05) is 30.3 Å². The van der Waals surface area contributed by atoms with E-state index in [1.54, 1.807) is 6.07 Å². The lowest BCUT2D eigenvalue weighted by Gasteiger charge is -2.15. The maximum absolute atomic E-state index is 10.7. The molecule has 0 aliphatic heterocycles. The first kappa shape index (κ1) is 12.4. The second kappa shape index (κ2) is 5.50. The summed E-state index contributed by atoms with van der Waals surface area (Å²) < 4.78 is 5.86. The number of aldehydes is 1. The Hall–Kier alpha value is -2.09. The van der Waals surface area contributed by atoms with Crippen LogP contribution in [0.5, 0.6) is 5.75 Å². The molecule has 0 heterocycles. The van der Waals surface area contributed by atoms with E-state index >= 15 is 0 Å². The molecule has 0 saturated carbocycles. The largest absolute Gasteiger partial charge is 0.486 e. The van der Waals surface area contributed by atoms with Crippen LogP contribution in [0.4, 0.5) is 0 Å². The normalized spacial score (nSPS) is 11.9. The fraction of sp³-hybridized carbons (Fsp3) is 0.188. The minimum atomic E-state index is -0.00678. The van der Waals surface area contributed by atoms with Gasteiger partial charge in [0.2, 0.25) is 0 Å². The number of aryl methyl sites for hydroxylation is 1. The van der Waals surface area contributed by atoms with Gasteiger partial charge in [0, 0.05) is 5.56 Å². The van der Waals surface area contributed by atoms with Gasteiger partial charge in [0.1, 0.15) is 18.1 Å². The number of hydrogen-bond donors (Lipinski definition) is 0. The summed E-state index contributed by atoms with van der Waals surface area (Å²) in [6.07, 6.45) is 0.854. The molecule has 2 aromatic rings. The van der Waals surface area contributed by atoms with Gasteiger partial charge in [-0.3, -0.25) is 4.79 Å². The number of benzene rings is 2. The minimum absolute atomic E-state index is 0.00678. The van der Waals surface area contributed by atoms with E-state index in [9.17, 15) is 4.79 Å². The molecule has 92 valence electrons. The van der Waals surface area contributed by atoms with Crippen LogP contribution in [-0.4, -0.2) is 6.29 Å². The molecule has 0 saturated heterocycles.